The topological polar surface area (TPSA) is 55.8 Å². The van der Waals surface area contributed by atoms with Crippen LogP contribution in [0.2, 0.25) is 5.02 Å². The molecule has 0 heterocycles. The monoisotopic (exact) mass is 298 g/mol. The lowest BCUT2D eigenvalue weighted by Gasteiger charge is -2.27. The molecular weight excluding hydrogens is 280 g/mol. The Hall–Kier alpha value is -1.42. The van der Waals surface area contributed by atoms with Gasteiger partial charge in [0.25, 0.3) is 0 Å². The van der Waals surface area contributed by atoms with Crippen molar-refractivity contribution in [3.8, 4) is 11.5 Å². The number of carbonyl (C=O) groups is 1. The third kappa shape index (κ3) is 3.79. The number of halogens is 1. The third-order valence-electron chi connectivity index (χ3n) is 3.52. The molecule has 0 aromatic heterocycles. The first-order valence-corrected chi connectivity index (χ1v) is 7.23. The number of hydrogen-bond acceptors (Lipinski definition) is 3. The minimum Gasteiger partial charge on any atom is -0.493 e. The van der Waals surface area contributed by atoms with E-state index in [9.17, 15) is 4.79 Å². The Bertz CT molecular complexity index is 483. The first kappa shape index (κ1) is 15.0. The second-order valence-electron chi connectivity index (χ2n) is 5.01. The Kier molecular flexibility index (Phi) is 5.12. The number of ether oxygens (including phenoxy) is 2. The zero-order valence-electron chi connectivity index (χ0n) is 11.5. The van der Waals surface area contributed by atoms with E-state index in [4.69, 9.17) is 26.2 Å². The van der Waals surface area contributed by atoms with E-state index < -0.39 is 5.97 Å². The molecule has 1 fully saturated rings. The summed E-state index contributed by atoms with van der Waals surface area (Å²) in [5.74, 6) is 0.538. The number of carboxylic acids is 1. The molecule has 110 valence electrons. The van der Waals surface area contributed by atoms with E-state index in [-0.39, 0.29) is 12.5 Å². The van der Waals surface area contributed by atoms with E-state index in [1.54, 1.807) is 13.2 Å². The fourth-order valence-electron chi connectivity index (χ4n) is 2.12. The lowest BCUT2D eigenvalue weighted by Crippen LogP contribution is -2.24. The summed E-state index contributed by atoms with van der Waals surface area (Å²) in [7, 11) is 1.59. The highest BCUT2D eigenvalue weighted by Gasteiger charge is 2.21. The van der Waals surface area contributed by atoms with Crippen molar-refractivity contribution in [2.24, 2.45) is 0 Å². The van der Waals surface area contributed by atoms with Crippen molar-refractivity contribution in [1.29, 1.82) is 0 Å². The molecule has 5 heteroatoms. The summed E-state index contributed by atoms with van der Waals surface area (Å²) in [6, 6.07) is 3.62. The molecule has 1 saturated carbocycles. The third-order valence-corrected chi connectivity index (χ3v) is 3.87. The van der Waals surface area contributed by atoms with Gasteiger partial charge in [0, 0.05) is 17.5 Å². The molecule has 4 nitrogen and oxygen atoms in total. The molecule has 0 amide bonds. The van der Waals surface area contributed by atoms with E-state index in [1.807, 2.05) is 6.07 Å². The predicted octanol–water partition coefficient (Wildman–Crippen LogP) is 3.69. The van der Waals surface area contributed by atoms with Crippen LogP contribution in [0.4, 0.5) is 0 Å². The lowest BCUT2D eigenvalue weighted by atomic mass is 9.96. The van der Waals surface area contributed by atoms with Gasteiger partial charge in [0.15, 0.2) is 11.5 Å². The van der Waals surface area contributed by atoms with Crippen LogP contribution in [0.1, 0.15) is 37.7 Å². The lowest BCUT2D eigenvalue weighted by molar-refractivity contribution is -0.137. The van der Waals surface area contributed by atoms with Gasteiger partial charge in [-0.15, -0.1) is 0 Å². The zero-order chi connectivity index (χ0) is 14.5. The summed E-state index contributed by atoms with van der Waals surface area (Å²) < 4.78 is 11.2. The SMILES string of the molecule is COc1cc(Cl)c(CCCC(=O)O)cc1OC1CCC1. The number of aryl methyl sites for hydroxylation is 1. The molecular formula is C15H19ClO4. The number of aliphatic carboxylic acids is 1. The molecule has 0 radical (unpaired) electrons. The highest BCUT2D eigenvalue weighted by Crippen LogP contribution is 2.36. The summed E-state index contributed by atoms with van der Waals surface area (Å²) in [6.45, 7) is 0. The molecule has 1 N–H and O–H groups in total. The Morgan fingerprint density at radius 2 is 2.15 bits per heavy atom. The first-order chi connectivity index (χ1) is 9.60. The second-order valence-corrected chi connectivity index (χ2v) is 5.42. The van der Waals surface area contributed by atoms with E-state index >= 15 is 0 Å². The van der Waals surface area contributed by atoms with Gasteiger partial charge < -0.3 is 14.6 Å². The van der Waals surface area contributed by atoms with Crippen LogP contribution in [0, 0.1) is 0 Å². The van der Waals surface area contributed by atoms with E-state index in [0.29, 0.717) is 29.4 Å². The molecule has 0 atom stereocenters. The molecule has 0 bridgehead atoms. The summed E-state index contributed by atoms with van der Waals surface area (Å²) in [5.41, 5.74) is 0.906. The number of rotatable bonds is 7. The van der Waals surface area contributed by atoms with Gasteiger partial charge in [-0.2, -0.15) is 0 Å². The highest BCUT2D eigenvalue weighted by atomic mass is 35.5. The van der Waals surface area contributed by atoms with Crippen molar-refractivity contribution >= 4 is 17.6 Å². The molecule has 1 aromatic carbocycles. The van der Waals surface area contributed by atoms with Gasteiger partial charge in [-0.05, 0) is 43.7 Å². The van der Waals surface area contributed by atoms with Crippen molar-refractivity contribution in [2.75, 3.05) is 7.11 Å². The van der Waals surface area contributed by atoms with E-state index in [2.05, 4.69) is 0 Å². The zero-order valence-corrected chi connectivity index (χ0v) is 12.3. The minimum atomic E-state index is -0.791. The maximum atomic E-state index is 10.6. The van der Waals surface area contributed by atoms with Gasteiger partial charge in [-0.25, -0.2) is 0 Å². The van der Waals surface area contributed by atoms with Crippen LogP contribution in [0.3, 0.4) is 0 Å². The highest BCUT2D eigenvalue weighted by molar-refractivity contribution is 6.31. The molecule has 1 aromatic rings. The van der Waals surface area contributed by atoms with Crippen LogP contribution in [-0.2, 0) is 11.2 Å². The van der Waals surface area contributed by atoms with Crippen LogP contribution in [0.15, 0.2) is 12.1 Å². The van der Waals surface area contributed by atoms with Crippen molar-refractivity contribution in [2.45, 2.75) is 44.6 Å². The molecule has 0 saturated heterocycles. The van der Waals surface area contributed by atoms with Crippen LogP contribution in [-0.4, -0.2) is 24.3 Å². The normalized spacial score (nSPS) is 14.7. The van der Waals surface area contributed by atoms with E-state index in [0.717, 1.165) is 18.4 Å². The molecule has 0 spiro atoms. The molecule has 1 aliphatic carbocycles. The number of benzene rings is 1. The van der Waals surface area contributed by atoms with Crippen LogP contribution in [0.5, 0.6) is 11.5 Å². The summed E-state index contributed by atoms with van der Waals surface area (Å²) in [5, 5.41) is 9.27. The molecule has 20 heavy (non-hydrogen) atoms. The van der Waals surface area contributed by atoms with Crippen molar-refractivity contribution in [3.05, 3.63) is 22.7 Å². The van der Waals surface area contributed by atoms with Crippen LogP contribution in [0.25, 0.3) is 0 Å². The molecule has 0 unspecified atom stereocenters. The van der Waals surface area contributed by atoms with Gasteiger partial charge in [0.1, 0.15) is 0 Å². The van der Waals surface area contributed by atoms with Gasteiger partial charge >= 0.3 is 5.97 Å². The fourth-order valence-corrected chi connectivity index (χ4v) is 2.37. The van der Waals surface area contributed by atoms with Crippen LogP contribution >= 0.6 is 11.6 Å². The quantitative estimate of drug-likeness (QED) is 0.834. The average molecular weight is 299 g/mol. The van der Waals surface area contributed by atoms with Crippen molar-refractivity contribution in [1.82, 2.24) is 0 Å². The van der Waals surface area contributed by atoms with Gasteiger partial charge in [-0.1, -0.05) is 11.6 Å². The summed E-state index contributed by atoms with van der Waals surface area (Å²) in [6.07, 6.45) is 4.92. The second kappa shape index (κ2) is 6.84. The number of methoxy groups -OCH3 is 1. The van der Waals surface area contributed by atoms with Gasteiger partial charge in [0.05, 0.1) is 13.2 Å². The Morgan fingerprint density at radius 3 is 2.70 bits per heavy atom. The maximum absolute atomic E-state index is 10.6. The summed E-state index contributed by atoms with van der Waals surface area (Å²) >= 11 is 6.20. The number of hydrogen-bond donors (Lipinski definition) is 1. The average Bonchev–Trinajstić information content (AvgIpc) is 2.36. The predicted molar refractivity (Wildman–Crippen MR) is 76.8 cm³/mol. The molecule has 0 aliphatic heterocycles. The van der Waals surface area contributed by atoms with Gasteiger partial charge in [0.2, 0.25) is 0 Å². The Morgan fingerprint density at radius 1 is 1.40 bits per heavy atom. The first-order valence-electron chi connectivity index (χ1n) is 6.85. The Balaban J connectivity index is 2.09. The molecule has 1 aliphatic rings. The number of carboxylic acid groups (broad SMARTS) is 1. The van der Waals surface area contributed by atoms with Crippen LogP contribution < -0.4 is 9.47 Å². The van der Waals surface area contributed by atoms with Gasteiger partial charge in [-0.3, -0.25) is 4.79 Å². The maximum Gasteiger partial charge on any atom is 0.303 e. The fraction of sp³-hybridized carbons (Fsp3) is 0.533. The van der Waals surface area contributed by atoms with Crippen molar-refractivity contribution in [3.63, 3.8) is 0 Å². The summed E-state index contributed by atoms with van der Waals surface area (Å²) in [4.78, 5) is 10.6. The minimum absolute atomic E-state index is 0.140. The Labute approximate surface area is 123 Å². The largest absolute Gasteiger partial charge is 0.493 e. The van der Waals surface area contributed by atoms with Crippen molar-refractivity contribution < 1.29 is 19.4 Å². The standard InChI is InChI=1S/C15H19ClO4/c1-19-13-9-12(16)10(4-2-7-15(17)18)8-14(13)20-11-5-3-6-11/h8-9,11H,2-7H2,1H3,(H,17,18). The smallest absolute Gasteiger partial charge is 0.303 e. The molecule has 2 rings (SSSR count). The van der Waals surface area contributed by atoms with E-state index in [1.165, 1.54) is 6.42 Å².